The van der Waals surface area contributed by atoms with E-state index in [2.05, 4.69) is 46.3 Å². The van der Waals surface area contributed by atoms with Crippen LogP contribution in [0.25, 0.3) is 0 Å². The second-order valence-corrected chi connectivity index (χ2v) is 4.97. The van der Waals surface area contributed by atoms with Gasteiger partial charge in [-0.3, -0.25) is 4.98 Å². The summed E-state index contributed by atoms with van der Waals surface area (Å²) < 4.78 is 0. The van der Waals surface area contributed by atoms with Crippen molar-refractivity contribution in [2.45, 2.75) is 25.4 Å². The number of nitrogens with zero attached hydrogens (tertiary/aromatic N) is 2. The molecule has 0 radical (unpaired) electrons. The molecule has 19 heavy (non-hydrogen) atoms. The Morgan fingerprint density at radius 2 is 2.00 bits per heavy atom. The zero-order valence-corrected chi connectivity index (χ0v) is 11.0. The Labute approximate surface area is 114 Å². The fourth-order valence-corrected chi connectivity index (χ4v) is 2.80. The Bertz CT molecular complexity index is 521. The van der Waals surface area contributed by atoms with Crippen LogP contribution in [0.1, 0.15) is 30.1 Å². The molecule has 3 nitrogen and oxygen atoms in total. The fraction of sp³-hybridized carbons (Fsp3) is 0.312. The highest BCUT2D eigenvalue weighted by Crippen LogP contribution is 2.35. The van der Waals surface area contributed by atoms with Crippen LogP contribution >= 0.6 is 0 Å². The molecular formula is C16H19N3. The van der Waals surface area contributed by atoms with Crippen LogP contribution in [0.3, 0.4) is 0 Å². The van der Waals surface area contributed by atoms with Crippen molar-refractivity contribution in [2.75, 3.05) is 11.4 Å². The van der Waals surface area contributed by atoms with Gasteiger partial charge in [-0.05, 0) is 30.5 Å². The maximum Gasteiger partial charge on any atom is 0.0558 e. The molecule has 1 aliphatic rings. The van der Waals surface area contributed by atoms with Crippen molar-refractivity contribution in [2.24, 2.45) is 5.73 Å². The smallest absolute Gasteiger partial charge is 0.0558 e. The molecule has 2 N–H and O–H groups in total. The van der Waals surface area contributed by atoms with E-state index in [0.29, 0.717) is 12.6 Å². The first-order valence-corrected chi connectivity index (χ1v) is 6.85. The van der Waals surface area contributed by atoms with E-state index < -0.39 is 0 Å². The molecule has 1 aromatic heterocycles. The first-order valence-electron chi connectivity index (χ1n) is 6.85. The van der Waals surface area contributed by atoms with Crippen LogP contribution in [0.15, 0.2) is 48.7 Å². The van der Waals surface area contributed by atoms with Crippen LogP contribution in [-0.2, 0) is 6.54 Å². The van der Waals surface area contributed by atoms with Crippen LogP contribution in [0.4, 0.5) is 5.69 Å². The summed E-state index contributed by atoms with van der Waals surface area (Å²) in [5, 5.41) is 0. The third-order valence-electron chi connectivity index (χ3n) is 3.79. The third kappa shape index (κ3) is 2.47. The first kappa shape index (κ1) is 12.2. The largest absolute Gasteiger partial charge is 0.363 e. The van der Waals surface area contributed by atoms with Gasteiger partial charge in [-0.1, -0.05) is 30.3 Å². The fourth-order valence-electron chi connectivity index (χ4n) is 2.80. The molecule has 1 saturated heterocycles. The van der Waals surface area contributed by atoms with Crippen LogP contribution in [0.2, 0.25) is 0 Å². The van der Waals surface area contributed by atoms with Gasteiger partial charge < -0.3 is 10.6 Å². The van der Waals surface area contributed by atoms with Gasteiger partial charge >= 0.3 is 0 Å². The summed E-state index contributed by atoms with van der Waals surface area (Å²) in [5.74, 6) is 0. The molecule has 1 aromatic carbocycles. The Morgan fingerprint density at radius 3 is 2.68 bits per heavy atom. The Kier molecular flexibility index (Phi) is 3.47. The number of hydrogen-bond donors (Lipinski definition) is 1. The topological polar surface area (TPSA) is 42.1 Å². The lowest BCUT2D eigenvalue weighted by atomic mass is 10.0. The molecule has 0 aliphatic carbocycles. The standard InChI is InChI=1S/C16H19N3/c17-11-14-8-9-15(12-18-14)19-10-4-7-16(19)13-5-2-1-3-6-13/h1-3,5-6,8-9,12,16H,4,7,10-11,17H2. The molecule has 1 aliphatic heterocycles. The molecule has 1 unspecified atom stereocenters. The molecule has 1 atom stereocenters. The van der Waals surface area contributed by atoms with E-state index in [0.717, 1.165) is 12.2 Å². The molecule has 98 valence electrons. The van der Waals surface area contributed by atoms with Gasteiger partial charge in [0.25, 0.3) is 0 Å². The zero-order valence-electron chi connectivity index (χ0n) is 11.0. The maximum atomic E-state index is 5.60. The summed E-state index contributed by atoms with van der Waals surface area (Å²) in [6.45, 7) is 1.60. The molecule has 3 heteroatoms. The van der Waals surface area contributed by atoms with Crippen LogP contribution < -0.4 is 10.6 Å². The Balaban J connectivity index is 1.86. The number of hydrogen-bond acceptors (Lipinski definition) is 3. The minimum atomic E-state index is 0.478. The van der Waals surface area contributed by atoms with Gasteiger partial charge in [0.2, 0.25) is 0 Å². The van der Waals surface area contributed by atoms with E-state index in [1.165, 1.54) is 24.1 Å². The van der Waals surface area contributed by atoms with E-state index >= 15 is 0 Å². The summed E-state index contributed by atoms with van der Waals surface area (Å²) in [6, 6.07) is 15.4. The molecule has 3 rings (SSSR count). The molecule has 0 spiro atoms. The lowest BCUT2D eigenvalue weighted by molar-refractivity contribution is 0.717. The highest BCUT2D eigenvalue weighted by molar-refractivity contribution is 5.48. The lowest BCUT2D eigenvalue weighted by Gasteiger charge is -2.27. The number of aromatic nitrogens is 1. The van der Waals surface area contributed by atoms with Crippen molar-refractivity contribution in [1.82, 2.24) is 4.98 Å². The molecule has 0 amide bonds. The average Bonchev–Trinajstić information content (AvgIpc) is 2.98. The molecule has 1 fully saturated rings. The summed E-state index contributed by atoms with van der Waals surface area (Å²) >= 11 is 0. The molecule has 2 aromatic rings. The molecule has 0 bridgehead atoms. The predicted molar refractivity (Wildman–Crippen MR) is 77.9 cm³/mol. The maximum absolute atomic E-state index is 5.60. The number of benzene rings is 1. The second kappa shape index (κ2) is 5.41. The van der Waals surface area contributed by atoms with E-state index in [4.69, 9.17) is 5.73 Å². The number of rotatable bonds is 3. The van der Waals surface area contributed by atoms with Gasteiger partial charge in [-0.15, -0.1) is 0 Å². The minimum Gasteiger partial charge on any atom is -0.363 e. The van der Waals surface area contributed by atoms with Gasteiger partial charge in [0.1, 0.15) is 0 Å². The van der Waals surface area contributed by atoms with Crippen molar-refractivity contribution in [3.05, 3.63) is 59.9 Å². The van der Waals surface area contributed by atoms with Gasteiger partial charge in [-0.2, -0.15) is 0 Å². The van der Waals surface area contributed by atoms with Gasteiger partial charge in [0.05, 0.1) is 23.6 Å². The van der Waals surface area contributed by atoms with Crippen molar-refractivity contribution in [3.63, 3.8) is 0 Å². The third-order valence-corrected chi connectivity index (χ3v) is 3.79. The van der Waals surface area contributed by atoms with Crippen molar-refractivity contribution in [3.8, 4) is 0 Å². The summed E-state index contributed by atoms with van der Waals surface area (Å²) in [5.41, 5.74) is 9.13. The summed E-state index contributed by atoms with van der Waals surface area (Å²) in [6.07, 6.45) is 4.39. The van der Waals surface area contributed by atoms with E-state index in [1.54, 1.807) is 0 Å². The molecular weight excluding hydrogens is 234 g/mol. The highest BCUT2D eigenvalue weighted by Gasteiger charge is 2.26. The van der Waals surface area contributed by atoms with E-state index in [9.17, 15) is 0 Å². The quantitative estimate of drug-likeness (QED) is 0.914. The zero-order chi connectivity index (χ0) is 13.1. The van der Waals surface area contributed by atoms with E-state index in [-0.39, 0.29) is 0 Å². The average molecular weight is 253 g/mol. The van der Waals surface area contributed by atoms with E-state index in [1.807, 2.05) is 12.3 Å². The first-order chi connectivity index (χ1) is 9.38. The number of pyridine rings is 1. The Morgan fingerprint density at radius 1 is 1.16 bits per heavy atom. The monoisotopic (exact) mass is 253 g/mol. The van der Waals surface area contributed by atoms with Crippen molar-refractivity contribution >= 4 is 5.69 Å². The van der Waals surface area contributed by atoms with Crippen LogP contribution in [0, 0.1) is 0 Å². The number of anilines is 1. The van der Waals surface area contributed by atoms with Gasteiger partial charge in [0, 0.05) is 13.1 Å². The summed E-state index contributed by atoms with van der Waals surface area (Å²) in [4.78, 5) is 6.85. The van der Waals surface area contributed by atoms with Gasteiger partial charge in [0.15, 0.2) is 0 Å². The summed E-state index contributed by atoms with van der Waals surface area (Å²) in [7, 11) is 0. The number of nitrogens with two attached hydrogens (primary N) is 1. The lowest BCUT2D eigenvalue weighted by Crippen LogP contribution is -2.22. The predicted octanol–water partition coefficient (Wildman–Crippen LogP) is 2.88. The van der Waals surface area contributed by atoms with Crippen LogP contribution in [-0.4, -0.2) is 11.5 Å². The normalized spacial score (nSPS) is 18.8. The van der Waals surface area contributed by atoms with Crippen molar-refractivity contribution < 1.29 is 0 Å². The van der Waals surface area contributed by atoms with Crippen molar-refractivity contribution in [1.29, 1.82) is 0 Å². The Hall–Kier alpha value is -1.87. The highest BCUT2D eigenvalue weighted by atomic mass is 15.2. The van der Waals surface area contributed by atoms with Crippen LogP contribution in [0.5, 0.6) is 0 Å². The SMILES string of the molecule is NCc1ccc(N2CCCC2c2ccccc2)cn1. The minimum absolute atomic E-state index is 0.478. The second-order valence-electron chi connectivity index (χ2n) is 4.97. The molecule has 2 heterocycles. The molecule has 0 saturated carbocycles. The van der Waals surface area contributed by atoms with Gasteiger partial charge in [-0.25, -0.2) is 0 Å².